The van der Waals surface area contributed by atoms with Crippen LogP contribution >= 0.6 is 23.4 Å². The van der Waals surface area contributed by atoms with Crippen LogP contribution in [0.15, 0.2) is 47.6 Å². The standard InChI is InChI=1S/C17H14ClF2N3O2S/c1-9(26-17-22-12-4-2-3-5-13(12)23-17)15(24)21-10-6-7-14(11(18)8-10)25-16(19)20/h2-9,16H,1H3,(H,21,24)(H,22,23). The number of hydrogen-bond acceptors (Lipinski definition) is 4. The number of benzene rings is 2. The average Bonchev–Trinajstić information content (AvgIpc) is 2.99. The Kier molecular flexibility index (Phi) is 5.63. The predicted octanol–water partition coefficient (Wildman–Crippen LogP) is 4.94. The molecule has 1 amide bonds. The predicted molar refractivity (Wildman–Crippen MR) is 98.1 cm³/mol. The maximum atomic E-state index is 12.3. The molecule has 5 nitrogen and oxygen atoms in total. The molecule has 136 valence electrons. The number of anilines is 1. The number of thioether (sulfide) groups is 1. The Morgan fingerprint density at radius 3 is 2.77 bits per heavy atom. The van der Waals surface area contributed by atoms with Crippen molar-refractivity contribution in [1.82, 2.24) is 9.97 Å². The number of carbonyl (C=O) groups is 1. The SMILES string of the molecule is CC(Sc1nc2ccccc2[nH]1)C(=O)Nc1ccc(OC(F)F)c(Cl)c1. The number of fused-ring (bicyclic) bond motifs is 1. The number of para-hydroxylation sites is 2. The van der Waals surface area contributed by atoms with Gasteiger partial charge in [0.25, 0.3) is 0 Å². The van der Waals surface area contributed by atoms with Gasteiger partial charge in [0, 0.05) is 5.69 Å². The van der Waals surface area contributed by atoms with Crippen molar-refractivity contribution in [2.45, 2.75) is 23.9 Å². The van der Waals surface area contributed by atoms with E-state index in [0.717, 1.165) is 11.0 Å². The summed E-state index contributed by atoms with van der Waals surface area (Å²) in [4.78, 5) is 19.9. The first-order valence-corrected chi connectivity index (χ1v) is 8.85. The van der Waals surface area contributed by atoms with Gasteiger partial charge in [0.15, 0.2) is 5.16 Å². The molecule has 0 radical (unpaired) electrons. The Hall–Kier alpha value is -2.32. The molecule has 2 aromatic carbocycles. The lowest BCUT2D eigenvalue weighted by Gasteiger charge is -2.12. The lowest BCUT2D eigenvalue weighted by Crippen LogP contribution is -2.22. The number of ether oxygens (including phenoxy) is 1. The second kappa shape index (κ2) is 7.92. The summed E-state index contributed by atoms with van der Waals surface area (Å²) < 4.78 is 28.7. The van der Waals surface area contributed by atoms with Gasteiger partial charge in [-0.15, -0.1) is 0 Å². The van der Waals surface area contributed by atoms with E-state index in [1.54, 1.807) is 6.92 Å². The summed E-state index contributed by atoms with van der Waals surface area (Å²) in [6, 6.07) is 11.7. The zero-order valence-electron chi connectivity index (χ0n) is 13.5. The number of halogens is 3. The van der Waals surface area contributed by atoms with Gasteiger partial charge in [-0.2, -0.15) is 8.78 Å². The largest absolute Gasteiger partial charge is 0.433 e. The lowest BCUT2D eigenvalue weighted by molar-refractivity contribution is -0.115. The van der Waals surface area contributed by atoms with Gasteiger partial charge in [0.05, 0.1) is 21.3 Å². The molecule has 0 aliphatic rings. The molecule has 0 spiro atoms. The molecule has 3 rings (SSSR count). The number of H-pyrrole nitrogens is 1. The molecule has 0 bridgehead atoms. The van der Waals surface area contributed by atoms with Gasteiger partial charge in [-0.25, -0.2) is 4.98 Å². The number of alkyl halides is 2. The van der Waals surface area contributed by atoms with Crippen LogP contribution in [-0.2, 0) is 4.79 Å². The molecule has 1 atom stereocenters. The minimum Gasteiger partial charge on any atom is -0.433 e. The normalized spacial score (nSPS) is 12.3. The molecule has 0 saturated carbocycles. The van der Waals surface area contributed by atoms with Crippen molar-refractivity contribution in [3.05, 3.63) is 47.5 Å². The lowest BCUT2D eigenvalue weighted by atomic mass is 10.3. The molecular formula is C17H14ClF2N3O2S. The van der Waals surface area contributed by atoms with Gasteiger partial charge in [0.1, 0.15) is 5.75 Å². The average molecular weight is 398 g/mol. The molecule has 3 aromatic rings. The Morgan fingerprint density at radius 2 is 2.08 bits per heavy atom. The van der Waals surface area contributed by atoms with E-state index < -0.39 is 11.9 Å². The number of aromatic nitrogens is 2. The number of amides is 1. The fourth-order valence-electron chi connectivity index (χ4n) is 2.22. The number of nitrogens with zero attached hydrogens (tertiary/aromatic N) is 1. The van der Waals surface area contributed by atoms with Crippen molar-refractivity contribution < 1.29 is 18.3 Å². The number of nitrogens with one attached hydrogen (secondary N) is 2. The molecule has 0 saturated heterocycles. The zero-order chi connectivity index (χ0) is 18.7. The molecule has 0 fully saturated rings. The van der Waals surface area contributed by atoms with E-state index in [1.807, 2.05) is 24.3 Å². The van der Waals surface area contributed by atoms with Crippen LogP contribution in [0.1, 0.15) is 6.92 Å². The monoisotopic (exact) mass is 397 g/mol. The summed E-state index contributed by atoms with van der Waals surface area (Å²) in [6.07, 6.45) is 0. The summed E-state index contributed by atoms with van der Waals surface area (Å²) in [5.74, 6) is -0.418. The highest BCUT2D eigenvalue weighted by Gasteiger charge is 2.17. The summed E-state index contributed by atoms with van der Waals surface area (Å²) in [6.45, 7) is -1.23. The third kappa shape index (κ3) is 4.44. The van der Waals surface area contributed by atoms with Crippen molar-refractivity contribution in [2.24, 2.45) is 0 Å². The van der Waals surface area contributed by atoms with Crippen LogP contribution < -0.4 is 10.1 Å². The molecule has 0 aliphatic heterocycles. The van der Waals surface area contributed by atoms with Crippen molar-refractivity contribution >= 4 is 46.0 Å². The number of hydrogen-bond donors (Lipinski definition) is 2. The van der Waals surface area contributed by atoms with Crippen LogP contribution in [0.3, 0.4) is 0 Å². The van der Waals surface area contributed by atoms with Crippen molar-refractivity contribution in [2.75, 3.05) is 5.32 Å². The molecule has 0 aliphatic carbocycles. The first-order chi connectivity index (χ1) is 12.4. The second-order valence-electron chi connectivity index (χ2n) is 5.33. The summed E-state index contributed by atoms with van der Waals surface area (Å²) in [7, 11) is 0. The van der Waals surface area contributed by atoms with E-state index in [9.17, 15) is 13.6 Å². The number of carbonyl (C=O) groups excluding carboxylic acids is 1. The molecule has 2 N–H and O–H groups in total. The number of rotatable bonds is 6. The maximum absolute atomic E-state index is 12.3. The van der Waals surface area contributed by atoms with Crippen LogP contribution in [0.4, 0.5) is 14.5 Å². The van der Waals surface area contributed by atoms with Gasteiger partial charge in [-0.3, -0.25) is 4.79 Å². The third-order valence-corrected chi connectivity index (χ3v) is 4.72. The minimum absolute atomic E-state index is 0.0132. The first-order valence-electron chi connectivity index (χ1n) is 7.59. The van der Waals surface area contributed by atoms with E-state index in [4.69, 9.17) is 11.6 Å². The summed E-state index contributed by atoms with van der Waals surface area (Å²) >= 11 is 7.16. The molecule has 1 aromatic heterocycles. The van der Waals surface area contributed by atoms with Crippen LogP contribution in [0.5, 0.6) is 5.75 Å². The van der Waals surface area contributed by atoms with Crippen molar-refractivity contribution in [1.29, 1.82) is 0 Å². The minimum atomic E-state index is -2.96. The van der Waals surface area contributed by atoms with Crippen LogP contribution in [0.25, 0.3) is 11.0 Å². The smallest absolute Gasteiger partial charge is 0.387 e. The third-order valence-electron chi connectivity index (χ3n) is 3.44. The topological polar surface area (TPSA) is 67.0 Å². The van der Waals surface area contributed by atoms with E-state index in [-0.39, 0.29) is 16.7 Å². The van der Waals surface area contributed by atoms with Crippen molar-refractivity contribution in [3.63, 3.8) is 0 Å². The number of imidazole rings is 1. The zero-order valence-corrected chi connectivity index (χ0v) is 15.1. The highest BCUT2D eigenvalue weighted by atomic mass is 35.5. The quantitative estimate of drug-likeness (QED) is 0.578. The van der Waals surface area contributed by atoms with Crippen LogP contribution in [0, 0.1) is 0 Å². The van der Waals surface area contributed by atoms with Gasteiger partial charge >= 0.3 is 6.61 Å². The van der Waals surface area contributed by atoms with Crippen molar-refractivity contribution in [3.8, 4) is 5.75 Å². The Bertz CT molecular complexity index is 902. The van der Waals surface area contributed by atoms with E-state index in [2.05, 4.69) is 20.0 Å². The Morgan fingerprint density at radius 1 is 1.31 bits per heavy atom. The van der Waals surface area contributed by atoms with Crippen LogP contribution in [-0.4, -0.2) is 27.7 Å². The number of aromatic amines is 1. The Balaban J connectivity index is 1.64. The van der Waals surface area contributed by atoms with E-state index >= 15 is 0 Å². The molecule has 9 heteroatoms. The van der Waals surface area contributed by atoms with E-state index in [0.29, 0.717) is 10.8 Å². The molecule has 1 heterocycles. The van der Waals surface area contributed by atoms with Gasteiger partial charge in [-0.1, -0.05) is 35.5 Å². The maximum Gasteiger partial charge on any atom is 0.387 e. The fourth-order valence-corrected chi connectivity index (χ4v) is 3.27. The summed E-state index contributed by atoms with van der Waals surface area (Å²) in [5.41, 5.74) is 2.10. The highest BCUT2D eigenvalue weighted by molar-refractivity contribution is 8.00. The highest BCUT2D eigenvalue weighted by Crippen LogP contribution is 2.30. The second-order valence-corrected chi connectivity index (χ2v) is 7.07. The Labute approximate surface area is 157 Å². The molecular weight excluding hydrogens is 384 g/mol. The van der Waals surface area contributed by atoms with Gasteiger partial charge in [0.2, 0.25) is 5.91 Å². The van der Waals surface area contributed by atoms with Crippen LogP contribution in [0.2, 0.25) is 5.02 Å². The first kappa shape index (κ1) is 18.5. The fraction of sp³-hybridized carbons (Fsp3) is 0.176. The molecule has 26 heavy (non-hydrogen) atoms. The molecule has 1 unspecified atom stereocenters. The summed E-state index contributed by atoms with van der Waals surface area (Å²) in [5, 5.41) is 2.87. The van der Waals surface area contributed by atoms with Gasteiger partial charge in [-0.05, 0) is 37.3 Å². The van der Waals surface area contributed by atoms with E-state index in [1.165, 1.54) is 30.0 Å². The van der Waals surface area contributed by atoms with Gasteiger partial charge < -0.3 is 15.0 Å².